The summed E-state index contributed by atoms with van der Waals surface area (Å²) < 4.78 is 0. The van der Waals surface area contributed by atoms with E-state index >= 15 is 0 Å². The van der Waals surface area contributed by atoms with Gasteiger partial charge in [0, 0.05) is 17.3 Å². The molecule has 0 saturated heterocycles. The minimum atomic E-state index is -1.33. The zero-order valence-electron chi connectivity index (χ0n) is 21.1. The Kier molecular flexibility index (Phi) is 5.70. The lowest BCUT2D eigenvalue weighted by molar-refractivity contribution is -0.272. The van der Waals surface area contributed by atoms with Crippen molar-refractivity contribution in [3.05, 3.63) is 0 Å². The molecular weight excluding hydrogens is 436 g/mol. The van der Waals surface area contributed by atoms with Crippen LogP contribution in [0.2, 0.25) is 0 Å². The van der Waals surface area contributed by atoms with Gasteiger partial charge in [-0.1, -0.05) is 34.6 Å². The van der Waals surface area contributed by atoms with Gasteiger partial charge in [-0.3, -0.25) is 4.79 Å². The molecule has 0 amide bonds. The molecule has 0 bridgehead atoms. The smallest absolute Gasteiger partial charge is 0.143 e. The average molecular weight is 481 g/mol. The highest BCUT2D eigenvalue weighted by Crippen LogP contribution is 2.71. The maximum absolute atomic E-state index is 14.2. The van der Waals surface area contributed by atoms with Crippen LogP contribution in [-0.2, 0) is 4.79 Å². The van der Waals surface area contributed by atoms with Crippen LogP contribution in [0.5, 0.6) is 0 Å². The van der Waals surface area contributed by atoms with Crippen molar-refractivity contribution in [2.24, 2.45) is 58.2 Å². The van der Waals surface area contributed by atoms with Crippen LogP contribution in [0.4, 0.5) is 0 Å². The molecule has 15 atom stereocenters. The molecule has 5 aliphatic rings. The number of carbonyl (C=O) groups excluding carboxylic acids is 1. The van der Waals surface area contributed by atoms with Gasteiger partial charge in [0.1, 0.15) is 11.9 Å². The molecule has 5 aliphatic carbocycles. The third kappa shape index (κ3) is 2.94. The second-order valence-electron chi connectivity index (χ2n) is 13.7. The summed E-state index contributed by atoms with van der Waals surface area (Å²) in [6, 6.07) is 0. The van der Waals surface area contributed by atoms with Crippen LogP contribution in [-0.4, -0.2) is 72.5 Å². The van der Waals surface area contributed by atoms with Crippen LogP contribution < -0.4 is 0 Å². The Balaban J connectivity index is 1.58. The Morgan fingerprint density at radius 2 is 1.62 bits per heavy atom. The van der Waals surface area contributed by atoms with Crippen molar-refractivity contribution in [2.75, 3.05) is 0 Å². The van der Waals surface area contributed by atoms with Crippen LogP contribution in [0.3, 0.4) is 0 Å². The van der Waals surface area contributed by atoms with Crippen LogP contribution >= 0.6 is 0 Å². The summed E-state index contributed by atoms with van der Waals surface area (Å²) in [6.07, 6.45) is -3.43. The molecule has 0 radical (unpaired) electrons. The predicted octanol–water partition coefficient (Wildman–Crippen LogP) is 1.11. The maximum Gasteiger partial charge on any atom is 0.143 e. The largest absolute Gasteiger partial charge is 0.390 e. The summed E-state index contributed by atoms with van der Waals surface area (Å²) in [4.78, 5) is 14.2. The Hall–Kier alpha value is -0.570. The first-order valence-corrected chi connectivity index (χ1v) is 13.4. The van der Waals surface area contributed by atoms with Crippen molar-refractivity contribution >= 4 is 5.78 Å². The first-order chi connectivity index (χ1) is 15.7. The third-order valence-electron chi connectivity index (χ3n) is 11.5. The van der Waals surface area contributed by atoms with E-state index in [-0.39, 0.29) is 35.9 Å². The second-order valence-corrected chi connectivity index (χ2v) is 13.7. The topological polar surface area (TPSA) is 138 Å². The van der Waals surface area contributed by atoms with Gasteiger partial charge in [-0.15, -0.1) is 0 Å². The van der Waals surface area contributed by atoms with E-state index in [0.29, 0.717) is 19.3 Å². The minimum absolute atomic E-state index is 0.00822. The number of ketones is 1. The fourth-order valence-corrected chi connectivity index (χ4v) is 10.5. The molecule has 5 saturated carbocycles. The Morgan fingerprint density at radius 3 is 2.24 bits per heavy atom. The lowest BCUT2D eigenvalue weighted by atomic mass is 9.42. The Bertz CT molecular complexity index is 847. The summed E-state index contributed by atoms with van der Waals surface area (Å²) in [7, 11) is 0. The van der Waals surface area contributed by atoms with E-state index in [0.717, 1.165) is 6.42 Å². The van der Waals surface area contributed by atoms with E-state index in [1.54, 1.807) is 0 Å². The molecule has 194 valence electrons. The highest BCUT2D eigenvalue weighted by molar-refractivity contribution is 5.89. The van der Waals surface area contributed by atoms with Crippen molar-refractivity contribution < 1.29 is 35.4 Å². The first kappa shape index (κ1) is 25.1. The quantitative estimate of drug-likeness (QED) is 0.348. The molecule has 0 aliphatic heterocycles. The van der Waals surface area contributed by atoms with E-state index in [4.69, 9.17) is 0 Å². The molecule has 5 fully saturated rings. The zero-order chi connectivity index (χ0) is 25.1. The molecule has 34 heavy (non-hydrogen) atoms. The number of carbonyl (C=O) groups is 1. The molecule has 3 unspecified atom stereocenters. The van der Waals surface area contributed by atoms with Gasteiger partial charge in [0.15, 0.2) is 0 Å². The number of hydrogen-bond donors (Lipinski definition) is 6. The lowest BCUT2D eigenvalue weighted by Gasteiger charge is -2.64. The highest BCUT2D eigenvalue weighted by atomic mass is 16.4. The minimum Gasteiger partial charge on any atom is -0.390 e. The van der Waals surface area contributed by atoms with Gasteiger partial charge in [-0.2, -0.15) is 0 Å². The molecule has 0 aromatic carbocycles. The number of hydrogen-bond acceptors (Lipinski definition) is 7. The van der Waals surface area contributed by atoms with Gasteiger partial charge >= 0.3 is 0 Å². The molecule has 6 N–H and O–H groups in total. The number of aliphatic hydroxyl groups is 6. The van der Waals surface area contributed by atoms with Gasteiger partial charge < -0.3 is 30.6 Å². The Labute approximate surface area is 202 Å². The summed E-state index contributed by atoms with van der Waals surface area (Å²) in [5.74, 6) is -1.94. The fraction of sp³-hybridized carbons (Fsp3) is 0.963. The lowest BCUT2D eigenvalue weighted by Crippen LogP contribution is -2.71. The molecular formula is C27H44O7. The van der Waals surface area contributed by atoms with E-state index in [2.05, 4.69) is 27.7 Å². The highest BCUT2D eigenvalue weighted by Gasteiger charge is 2.75. The van der Waals surface area contributed by atoms with E-state index < -0.39 is 70.6 Å². The van der Waals surface area contributed by atoms with Crippen LogP contribution in [0.25, 0.3) is 0 Å². The van der Waals surface area contributed by atoms with Gasteiger partial charge in [0.25, 0.3) is 0 Å². The second kappa shape index (κ2) is 7.72. The zero-order valence-corrected chi connectivity index (χ0v) is 21.1. The van der Waals surface area contributed by atoms with Crippen LogP contribution in [0.1, 0.15) is 66.7 Å². The van der Waals surface area contributed by atoms with E-state index in [1.165, 1.54) is 0 Å². The van der Waals surface area contributed by atoms with E-state index in [1.807, 2.05) is 6.92 Å². The molecule has 0 aromatic rings. The molecule has 0 spiro atoms. The van der Waals surface area contributed by atoms with Gasteiger partial charge in [-0.05, 0) is 67.1 Å². The molecule has 5 rings (SSSR count). The average Bonchev–Trinajstić information content (AvgIpc) is 3.15. The van der Waals surface area contributed by atoms with Gasteiger partial charge in [0.05, 0.1) is 35.9 Å². The first-order valence-electron chi connectivity index (χ1n) is 13.4. The number of aliphatic hydroxyl groups excluding tert-OH is 5. The summed E-state index contributed by atoms with van der Waals surface area (Å²) in [6.45, 7) is 10.2. The predicted molar refractivity (Wildman–Crippen MR) is 124 cm³/mol. The summed E-state index contributed by atoms with van der Waals surface area (Å²) in [5.41, 5.74) is -2.38. The molecule has 7 nitrogen and oxygen atoms in total. The van der Waals surface area contributed by atoms with Crippen molar-refractivity contribution in [2.45, 2.75) is 103 Å². The number of rotatable bonds is 2. The Morgan fingerprint density at radius 1 is 0.971 bits per heavy atom. The summed E-state index contributed by atoms with van der Waals surface area (Å²) in [5, 5.41) is 66.5. The maximum atomic E-state index is 14.2. The van der Waals surface area contributed by atoms with Crippen LogP contribution in [0.15, 0.2) is 0 Å². The van der Waals surface area contributed by atoms with Crippen molar-refractivity contribution in [3.8, 4) is 0 Å². The SMILES string of the molecule is CC(C)C[C@@]1(O)C[C@@H](C)C2[C@@H]1C(=O)[C@@H]1C3C(CC[C@]21C)[C@@]1(C)[C@H](O)[C@H](O)[C@@H](O)C[C@@H]1[C@@H](O)[C@@H]3O. The monoisotopic (exact) mass is 480 g/mol. The fourth-order valence-electron chi connectivity index (χ4n) is 10.5. The summed E-state index contributed by atoms with van der Waals surface area (Å²) >= 11 is 0. The number of Topliss-reactive ketones (excluding diaryl/α,β-unsaturated/α-hetero) is 1. The molecule has 0 aromatic heterocycles. The van der Waals surface area contributed by atoms with Gasteiger partial charge in [0.2, 0.25) is 0 Å². The molecule has 7 heteroatoms. The van der Waals surface area contributed by atoms with Crippen LogP contribution in [0, 0.1) is 58.2 Å². The normalized spacial score (nSPS) is 61.1. The van der Waals surface area contributed by atoms with Gasteiger partial charge in [-0.25, -0.2) is 0 Å². The van der Waals surface area contributed by atoms with Crippen molar-refractivity contribution in [1.82, 2.24) is 0 Å². The standard InChI is InChI=1S/C27H44O7/c1-11(2)9-27(34)10-12(3)17-19(27)23(32)18-16-13(6-7-25(17,18)4)26(5)14(20(29)22(16)31)8-15(28)21(30)24(26)33/h11-22,24,28-31,33-34H,6-10H2,1-5H3/t12-,13?,14-,15+,16?,17?,18+,19-,20-,21-,22-,24-,25-,26-,27-/m1/s1. The third-order valence-corrected chi connectivity index (χ3v) is 11.5. The van der Waals surface area contributed by atoms with E-state index in [9.17, 15) is 35.4 Å². The molecule has 0 heterocycles. The van der Waals surface area contributed by atoms with Crippen molar-refractivity contribution in [1.29, 1.82) is 0 Å². The van der Waals surface area contributed by atoms with Crippen molar-refractivity contribution in [3.63, 3.8) is 0 Å². The number of fused-ring (bicyclic) bond motifs is 7.